The van der Waals surface area contributed by atoms with Crippen LogP contribution < -0.4 is 10.6 Å². The average Bonchev–Trinajstić information content (AvgIpc) is 3.46. The first-order chi connectivity index (χ1) is 24.5. The molecule has 1 heterocycles. The van der Waals surface area contributed by atoms with Gasteiger partial charge in [0.05, 0.1) is 18.8 Å². The minimum absolute atomic E-state index is 0.0567. The highest BCUT2D eigenvalue weighted by molar-refractivity contribution is 5.83. The van der Waals surface area contributed by atoms with Crippen LogP contribution in [0.3, 0.4) is 0 Å². The van der Waals surface area contributed by atoms with E-state index in [9.17, 15) is 19.8 Å². The summed E-state index contributed by atoms with van der Waals surface area (Å²) in [7, 11) is 10.2. The largest absolute Gasteiger partial charge is 0.394 e. The first kappa shape index (κ1) is 41.8. The highest BCUT2D eigenvalue weighted by atomic mass is 16.7. The number of carbonyl (C=O) groups is 2. The number of nitrogens with zero attached hydrogens (tertiary/aromatic N) is 3. The lowest BCUT2D eigenvalue weighted by Gasteiger charge is -2.62. The van der Waals surface area contributed by atoms with Crippen molar-refractivity contribution >= 4 is 11.8 Å². The maximum absolute atomic E-state index is 14.3. The molecule has 5 saturated carbocycles. The number of methoxy groups -OCH3 is 1. The molecule has 1 saturated heterocycles. The predicted octanol–water partition coefficient (Wildman–Crippen LogP) is 3.63. The maximum atomic E-state index is 14.3. The number of carbonyl (C=O) groups excluding carboxylic acids is 2. The maximum Gasteiger partial charge on any atom is 0.240 e. The molecule has 0 aromatic heterocycles. The van der Waals surface area contributed by atoms with E-state index in [0.717, 1.165) is 51.5 Å². The van der Waals surface area contributed by atoms with Crippen LogP contribution >= 0.6 is 0 Å². The molecule has 5 aliphatic carbocycles. The Morgan fingerprint density at radius 3 is 2.29 bits per heavy atom. The molecule has 0 radical (unpaired) electrons. The Balaban J connectivity index is 1.32. The number of amides is 2. The van der Waals surface area contributed by atoms with Gasteiger partial charge >= 0.3 is 0 Å². The van der Waals surface area contributed by atoms with Gasteiger partial charge in [0.1, 0.15) is 12.1 Å². The van der Waals surface area contributed by atoms with Gasteiger partial charge in [-0.2, -0.15) is 5.06 Å². The molecule has 300 valence electrons. The van der Waals surface area contributed by atoms with Crippen LogP contribution in [0.25, 0.3) is 0 Å². The number of fused-ring (bicyclic) bond motifs is 2. The molecule has 11 nitrogen and oxygen atoms in total. The van der Waals surface area contributed by atoms with E-state index in [2.05, 4.69) is 83.2 Å². The van der Waals surface area contributed by atoms with Crippen LogP contribution in [0.2, 0.25) is 0 Å². The van der Waals surface area contributed by atoms with E-state index in [1.165, 1.54) is 6.42 Å². The summed E-state index contributed by atoms with van der Waals surface area (Å²) < 4.78 is 6.40. The van der Waals surface area contributed by atoms with Crippen molar-refractivity contribution in [2.24, 2.45) is 58.7 Å². The van der Waals surface area contributed by atoms with Gasteiger partial charge in [-0.15, -0.1) is 0 Å². The van der Waals surface area contributed by atoms with E-state index in [0.29, 0.717) is 47.6 Å². The average molecular weight is 734 g/mol. The van der Waals surface area contributed by atoms with Gasteiger partial charge in [0.15, 0.2) is 0 Å². The van der Waals surface area contributed by atoms with Crippen molar-refractivity contribution in [3.05, 3.63) is 0 Å². The quantitative estimate of drug-likeness (QED) is 0.212. The van der Waals surface area contributed by atoms with Crippen LogP contribution in [0.5, 0.6) is 0 Å². The molecule has 2 amide bonds. The number of rotatable bonds is 14. The zero-order valence-corrected chi connectivity index (χ0v) is 34.4. The third kappa shape index (κ3) is 8.71. The number of hydroxylamine groups is 2. The second-order valence-corrected chi connectivity index (χ2v) is 19.2. The Morgan fingerprint density at radius 1 is 1.02 bits per heavy atom. The van der Waals surface area contributed by atoms with Crippen molar-refractivity contribution in [1.82, 2.24) is 25.5 Å². The van der Waals surface area contributed by atoms with Gasteiger partial charge < -0.3 is 35.4 Å². The SMILES string of the molecule is COC1C(CN2O[C@@H](CO)[C@H]([C@H](C)O)[C@H]2C(=O)N[C@H]2CC3C[C@@H]([C@@H]2C)C3(C)C)CCCC1C1CC(C(=O)N[C@@H](CN(C)C)C(C)C)CC(N(C)C)C1. The van der Waals surface area contributed by atoms with Gasteiger partial charge in [-0.05, 0) is 121 Å². The Morgan fingerprint density at radius 2 is 1.73 bits per heavy atom. The molecule has 1 aliphatic heterocycles. The van der Waals surface area contributed by atoms with Crippen molar-refractivity contribution in [2.45, 2.75) is 135 Å². The fraction of sp³-hybridized carbons (Fsp3) is 0.951. The standard InChI is InChI=1S/C41H75N5O6/c1-23(2)34(21-44(7)8)43-39(49)28-15-27(16-30(17-28)45(9)10)31-14-12-13-26(38(31)51-11)20-46-37(36(25(4)48)35(22-47)52-46)40(50)42-33-19-29-18-32(24(33)3)41(29,5)6/h23-38,47-48H,12-22H2,1-11H3,(H,42,50)(H,43,49)/t24-,25-,26?,27?,28?,29?,30?,31?,32-,33-,34-,35-,36-,37-,38?/m0/s1. The van der Waals surface area contributed by atoms with E-state index < -0.39 is 24.2 Å². The molecule has 6 rings (SSSR count). The summed E-state index contributed by atoms with van der Waals surface area (Å²) in [5.41, 5.74) is 0.317. The summed E-state index contributed by atoms with van der Waals surface area (Å²) in [5.74, 6) is 2.10. The lowest BCUT2D eigenvalue weighted by Crippen LogP contribution is -2.62. The molecule has 4 N–H and O–H groups in total. The topological polar surface area (TPSA) is 127 Å². The Bertz CT molecular complexity index is 1200. The van der Waals surface area contributed by atoms with E-state index in [1.807, 2.05) is 7.11 Å². The molecule has 0 aromatic carbocycles. The Kier molecular flexibility index (Phi) is 13.8. The molecule has 2 bridgehead atoms. The summed E-state index contributed by atoms with van der Waals surface area (Å²) in [6.45, 7) is 14.1. The molecule has 6 fully saturated rings. The third-order valence-electron chi connectivity index (χ3n) is 14.9. The fourth-order valence-corrected chi connectivity index (χ4v) is 11.5. The smallest absolute Gasteiger partial charge is 0.240 e. The first-order valence-electron chi connectivity index (χ1n) is 20.6. The van der Waals surface area contributed by atoms with E-state index in [4.69, 9.17) is 9.57 Å². The summed E-state index contributed by atoms with van der Waals surface area (Å²) in [6.07, 6.45) is 6.43. The van der Waals surface area contributed by atoms with Crippen LogP contribution in [0.4, 0.5) is 0 Å². The summed E-state index contributed by atoms with van der Waals surface area (Å²) in [5, 5.41) is 30.0. The Labute approximate surface area is 315 Å². The fourth-order valence-electron chi connectivity index (χ4n) is 11.5. The zero-order chi connectivity index (χ0) is 38.2. The van der Waals surface area contributed by atoms with Gasteiger partial charge in [0.2, 0.25) is 11.8 Å². The van der Waals surface area contributed by atoms with E-state index in [-0.39, 0.29) is 54.4 Å². The number of aliphatic hydroxyl groups excluding tert-OH is 2. The summed E-state index contributed by atoms with van der Waals surface area (Å²) in [6, 6.07) is -0.196. The normalized spacial score (nSPS) is 40.4. The number of hydrogen-bond donors (Lipinski definition) is 4. The van der Waals surface area contributed by atoms with Crippen LogP contribution in [-0.2, 0) is 19.2 Å². The summed E-state index contributed by atoms with van der Waals surface area (Å²) in [4.78, 5) is 39.1. The molecular weight excluding hydrogens is 658 g/mol. The minimum atomic E-state index is -0.826. The monoisotopic (exact) mass is 734 g/mol. The number of ether oxygens (including phenoxy) is 1. The molecule has 15 atom stereocenters. The Hall–Kier alpha value is -1.34. The number of nitrogens with one attached hydrogen (secondary N) is 2. The van der Waals surface area contributed by atoms with E-state index in [1.54, 1.807) is 12.0 Å². The first-order valence-corrected chi connectivity index (χ1v) is 20.6. The highest BCUT2D eigenvalue weighted by Crippen LogP contribution is 2.61. The van der Waals surface area contributed by atoms with Crippen molar-refractivity contribution in [3.63, 3.8) is 0 Å². The van der Waals surface area contributed by atoms with Gasteiger partial charge in [-0.3, -0.25) is 14.4 Å². The molecule has 52 heavy (non-hydrogen) atoms. The van der Waals surface area contributed by atoms with Gasteiger partial charge in [-0.1, -0.05) is 41.0 Å². The molecule has 0 aromatic rings. The lowest BCUT2D eigenvalue weighted by atomic mass is 9.45. The zero-order valence-electron chi connectivity index (χ0n) is 34.4. The molecular formula is C41H75N5O6. The number of likely N-dealkylation sites (N-methyl/N-ethyl adjacent to an activating group) is 1. The number of hydrogen-bond acceptors (Lipinski definition) is 9. The van der Waals surface area contributed by atoms with Gasteiger partial charge in [0.25, 0.3) is 0 Å². The predicted molar refractivity (Wildman–Crippen MR) is 204 cm³/mol. The van der Waals surface area contributed by atoms with Crippen molar-refractivity contribution < 1.29 is 29.4 Å². The van der Waals surface area contributed by atoms with Crippen molar-refractivity contribution in [1.29, 1.82) is 0 Å². The summed E-state index contributed by atoms with van der Waals surface area (Å²) >= 11 is 0. The second-order valence-electron chi connectivity index (χ2n) is 19.2. The minimum Gasteiger partial charge on any atom is -0.394 e. The second kappa shape index (κ2) is 17.2. The third-order valence-corrected chi connectivity index (χ3v) is 14.9. The highest BCUT2D eigenvalue weighted by Gasteiger charge is 2.58. The molecule has 0 spiro atoms. The molecule has 6 aliphatic rings. The van der Waals surface area contributed by atoms with Crippen LogP contribution in [0, 0.1) is 58.7 Å². The molecule has 11 heteroatoms. The van der Waals surface area contributed by atoms with Crippen molar-refractivity contribution in [3.8, 4) is 0 Å². The van der Waals surface area contributed by atoms with Crippen LogP contribution in [0.1, 0.15) is 92.9 Å². The van der Waals surface area contributed by atoms with Crippen LogP contribution in [0.15, 0.2) is 0 Å². The lowest BCUT2D eigenvalue weighted by molar-refractivity contribution is -0.193. The van der Waals surface area contributed by atoms with Crippen molar-refractivity contribution in [2.75, 3.05) is 55.0 Å². The molecule has 7 unspecified atom stereocenters. The number of aliphatic hydroxyl groups is 2. The van der Waals surface area contributed by atoms with Gasteiger partial charge in [0, 0.05) is 56.1 Å². The van der Waals surface area contributed by atoms with Crippen LogP contribution in [-0.4, -0.2) is 134 Å². The van der Waals surface area contributed by atoms with E-state index >= 15 is 0 Å². The van der Waals surface area contributed by atoms with Gasteiger partial charge in [-0.25, -0.2) is 0 Å².